The molecule has 5 nitrogen and oxygen atoms in total. The molecule has 0 saturated carbocycles. The number of imidazole rings is 1. The van der Waals surface area contributed by atoms with Crippen molar-refractivity contribution in [1.29, 1.82) is 0 Å². The van der Waals surface area contributed by atoms with Gasteiger partial charge in [0.15, 0.2) is 0 Å². The van der Waals surface area contributed by atoms with Crippen molar-refractivity contribution in [3.8, 4) is 0 Å². The number of fused-ring (bicyclic) bond motifs is 1. The van der Waals surface area contributed by atoms with Crippen molar-refractivity contribution in [2.45, 2.75) is 6.04 Å². The van der Waals surface area contributed by atoms with E-state index in [1.807, 2.05) is 0 Å². The first-order chi connectivity index (χ1) is 12.0. The molecule has 0 saturated heterocycles. The molecule has 0 bridgehead atoms. The Morgan fingerprint density at radius 1 is 1.24 bits per heavy atom. The number of carbonyl (C=O) groups is 1. The summed E-state index contributed by atoms with van der Waals surface area (Å²) in [6.45, 7) is 0.0751. The second-order valence-corrected chi connectivity index (χ2v) is 5.94. The number of hydrogen-bond donors (Lipinski definition) is 1. The van der Waals surface area contributed by atoms with Crippen molar-refractivity contribution in [2.75, 3.05) is 20.6 Å². The van der Waals surface area contributed by atoms with E-state index >= 15 is 0 Å². The van der Waals surface area contributed by atoms with E-state index in [1.54, 1.807) is 54.1 Å². The Morgan fingerprint density at radius 2 is 1.96 bits per heavy atom. The Hall–Kier alpha value is -2.80. The third-order valence-electron chi connectivity index (χ3n) is 4.06. The quantitative estimate of drug-likeness (QED) is 0.774. The second kappa shape index (κ2) is 6.98. The zero-order valence-electron chi connectivity index (χ0n) is 13.9. The molecular weight excluding hydrogens is 326 g/mol. The van der Waals surface area contributed by atoms with Crippen molar-refractivity contribution in [2.24, 2.45) is 0 Å². The molecule has 0 radical (unpaired) electrons. The SMILES string of the molecule is CN(C)C(CNC(=O)c1ccc2nccn2c1)c1c(F)cccc1F. The number of nitrogens with one attached hydrogen (secondary N) is 1. The summed E-state index contributed by atoms with van der Waals surface area (Å²) in [7, 11) is 3.42. The van der Waals surface area contributed by atoms with Crippen molar-refractivity contribution >= 4 is 11.6 Å². The van der Waals surface area contributed by atoms with Gasteiger partial charge in [-0.15, -0.1) is 0 Å². The Kier molecular flexibility index (Phi) is 4.76. The maximum Gasteiger partial charge on any atom is 0.252 e. The number of aromatic nitrogens is 2. The summed E-state index contributed by atoms with van der Waals surface area (Å²) in [6.07, 6.45) is 5.04. The summed E-state index contributed by atoms with van der Waals surface area (Å²) >= 11 is 0. The lowest BCUT2D eigenvalue weighted by atomic mass is 10.0. The normalized spacial score (nSPS) is 12.5. The van der Waals surface area contributed by atoms with Gasteiger partial charge in [-0.05, 0) is 38.4 Å². The maximum absolute atomic E-state index is 14.1. The molecule has 2 heterocycles. The van der Waals surface area contributed by atoms with Gasteiger partial charge in [-0.25, -0.2) is 13.8 Å². The zero-order valence-corrected chi connectivity index (χ0v) is 13.9. The van der Waals surface area contributed by atoms with E-state index in [1.165, 1.54) is 18.2 Å². The Morgan fingerprint density at radius 3 is 2.64 bits per heavy atom. The summed E-state index contributed by atoms with van der Waals surface area (Å²) in [6, 6.07) is 6.51. The summed E-state index contributed by atoms with van der Waals surface area (Å²) in [5.41, 5.74) is 1.12. The van der Waals surface area contributed by atoms with Crippen molar-refractivity contribution < 1.29 is 13.6 Å². The molecule has 0 aliphatic heterocycles. The van der Waals surface area contributed by atoms with E-state index in [0.29, 0.717) is 5.56 Å². The Balaban J connectivity index is 1.78. The van der Waals surface area contributed by atoms with Crippen LogP contribution in [0.3, 0.4) is 0 Å². The lowest BCUT2D eigenvalue weighted by molar-refractivity contribution is 0.0940. The first-order valence-electron chi connectivity index (χ1n) is 7.78. The molecule has 1 aromatic carbocycles. The number of rotatable bonds is 5. The van der Waals surface area contributed by atoms with Gasteiger partial charge in [0.25, 0.3) is 5.91 Å². The zero-order chi connectivity index (χ0) is 18.0. The minimum atomic E-state index is -0.632. The van der Waals surface area contributed by atoms with E-state index in [-0.39, 0.29) is 18.0 Å². The van der Waals surface area contributed by atoms with Gasteiger partial charge in [0.05, 0.1) is 11.6 Å². The van der Waals surface area contributed by atoms with Gasteiger partial charge >= 0.3 is 0 Å². The summed E-state index contributed by atoms with van der Waals surface area (Å²) in [5.74, 6) is -1.58. The number of hydrogen-bond acceptors (Lipinski definition) is 3. The molecule has 3 aromatic rings. The van der Waals surface area contributed by atoms with Crippen LogP contribution in [0.2, 0.25) is 0 Å². The molecule has 0 spiro atoms. The predicted octanol–water partition coefficient (Wildman–Crippen LogP) is 2.65. The fourth-order valence-electron chi connectivity index (χ4n) is 2.72. The van der Waals surface area contributed by atoms with E-state index in [0.717, 1.165) is 5.65 Å². The highest BCUT2D eigenvalue weighted by Gasteiger charge is 2.23. The minimum absolute atomic E-state index is 0.0575. The standard InChI is InChI=1S/C18H18F2N4O/c1-23(2)15(17-13(19)4-3-5-14(17)20)10-22-18(25)12-6-7-16-21-8-9-24(16)11-12/h3-9,11,15H,10H2,1-2H3,(H,22,25). The molecule has 1 amide bonds. The molecule has 3 rings (SSSR count). The smallest absolute Gasteiger partial charge is 0.252 e. The number of likely N-dealkylation sites (N-methyl/N-ethyl adjacent to an activating group) is 1. The molecule has 1 unspecified atom stereocenters. The lowest BCUT2D eigenvalue weighted by Gasteiger charge is -2.25. The van der Waals surface area contributed by atoms with Crippen LogP contribution in [0.4, 0.5) is 8.78 Å². The van der Waals surface area contributed by atoms with Gasteiger partial charge in [-0.1, -0.05) is 6.07 Å². The Bertz CT molecular complexity index is 887. The molecule has 1 N–H and O–H groups in total. The molecule has 0 aliphatic carbocycles. The number of benzene rings is 1. The van der Waals surface area contributed by atoms with Crippen LogP contribution in [0.5, 0.6) is 0 Å². The van der Waals surface area contributed by atoms with Crippen LogP contribution in [0.15, 0.2) is 48.9 Å². The number of pyridine rings is 1. The third kappa shape index (κ3) is 3.51. The highest BCUT2D eigenvalue weighted by atomic mass is 19.1. The van der Waals surface area contributed by atoms with Crippen molar-refractivity contribution in [1.82, 2.24) is 19.6 Å². The van der Waals surface area contributed by atoms with Gasteiger partial charge in [0, 0.05) is 30.7 Å². The van der Waals surface area contributed by atoms with Crippen molar-refractivity contribution in [3.63, 3.8) is 0 Å². The van der Waals surface area contributed by atoms with Crippen LogP contribution >= 0.6 is 0 Å². The number of amides is 1. The second-order valence-electron chi connectivity index (χ2n) is 5.94. The van der Waals surface area contributed by atoms with E-state index < -0.39 is 17.7 Å². The highest BCUT2D eigenvalue weighted by Crippen LogP contribution is 2.24. The highest BCUT2D eigenvalue weighted by molar-refractivity contribution is 5.94. The van der Waals surface area contributed by atoms with Gasteiger partial charge in [0.2, 0.25) is 0 Å². The predicted molar refractivity (Wildman–Crippen MR) is 90.3 cm³/mol. The van der Waals surface area contributed by atoms with Crippen LogP contribution in [-0.2, 0) is 0 Å². The first-order valence-corrected chi connectivity index (χ1v) is 7.78. The van der Waals surface area contributed by atoms with Gasteiger partial charge in [-0.3, -0.25) is 4.79 Å². The van der Waals surface area contributed by atoms with Crippen LogP contribution < -0.4 is 5.32 Å². The van der Waals surface area contributed by atoms with Gasteiger partial charge in [0.1, 0.15) is 17.3 Å². The van der Waals surface area contributed by atoms with Crippen LogP contribution in [0.25, 0.3) is 5.65 Å². The fourth-order valence-corrected chi connectivity index (χ4v) is 2.72. The molecule has 130 valence electrons. The summed E-state index contributed by atoms with van der Waals surface area (Å²) < 4.78 is 29.8. The monoisotopic (exact) mass is 344 g/mol. The van der Waals surface area contributed by atoms with Crippen molar-refractivity contribution in [3.05, 3.63) is 71.7 Å². The minimum Gasteiger partial charge on any atom is -0.350 e. The molecule has 7 heteroatoms. The summed E-state index contributed by atoms with van der Waals surface area (Å²) in [4.78, 5) is 18.2. The fraction of sp³-hybridized carbons (Fsp3) is 0.222. The number of halogens is 2. The van der Waals surface area contributed by atoms with Gasteiger partial charge < -0.3 is 14.6 Å². The van der Waals surface area contributed by atoms with Gasteiger partial charge in [-0.2, -0.15) is 0 Å². The number of nitrogens with zero attached hydrogens (tertiary/aromatic N) is 3. The molecule has 25 heavy (non-hydrogen) atoms. The van der Waals surface area contributed by atoms with Crippen LogP contribution in [0, 0.1) is 11.6 Å². The maximum atomic E-state index is 14.1. The van der Waals surface area contributed by atoms with E-state index in [2.05, 4.69) is 10.3 Å². The van der Waals surface area contributed by atoms with Crippen LogP contribution in [0.1, 0.15) is 22.0 Å². The third-order valence-corrected chi connectivity index (χ3v) is 4.06. The average molecular weight is 344 g/mol. The first kappa shape index (κ1) is 17.0. The van der Waals surface area contributed by atoms with E-state index in [4.69, 9.17) is 0 Å². The Labute approximate surface area is 143 Å². The molecule has 0 fully saturated rings. The summed E-state index contributed by atoms with van der Waals surface area (Å²) in [5, 5.41) is 2.74. The lowest BCUT2D eigenvalue weighted by Crippen LogP contribution is -2.35. The molecule has 1 atom stereocenters. The molecule has 2 aromatic heterocycles. The average Bonchev–Trinajstić information content (AvgIpc) is 3.04. The van der Waals surface area contributed by atoms with Crippen LogP contribution in [-0.4, -0.2) is 40.8 Å². The largest absolute Gasteiger partial charge is 0.350 e. The van der Waals surface area contributed by atoms with E-state index in [9.17, 15) is 13.6 Å². The molecule has 0 aliphatic rings. The topological polar surface area (TPSA) is 49.6 Å². The number of carbonyl (C=O) groups excluding carboxylic acids is 1. The molecular formula is C18H18F2N4O.